The minimum absolute atomic E-state index is 0.117. The average Bonchev–Trinajstić information content (AvgIpc) is 2.27. The van der Waals surface area contributed by atoms with E-state index in [1.807, 2.05) is 0 Å². The molecule has 0 aromatic heterocycles. The highest BCUT2D eigenvalue weighted by atomic mass is 35.5. The van der Waals surface area contributed by atoms with Crippen molar-refractivity contribution < 1.29 is 19.0 Å². The van der Waals surface area contributed by atoms with Crippen molar-refractivity contribution in [1.82, 2.24) is 0 Å². The molecule has 0 spiro atoms. The van der Waals surface area contributed by atoms with Gasteiger partial charge in [0, 0.05) is 19.4 Å². The van der Waals surface area contributed by atoms with Gasteiger partial charge in [-0.3, -0.25) is 0 Å². The molecule has 0 radical (unpaired) electrons. The van der Waals surface area contributed by atoms with E-state index in [9.17, 15) is 14.3 Å². The van der Waals surface area contributed by atoms with Gasteiger partial charge in [0.2, 0.25) is 0 Å². The number of rotatable bonds is 5. The molecule has 1 atom stereocenters. The fourth-order valence-electron chi connectivity index (χ4n) is 1.53. The maximum Gasteiger partial charge on any atom is 0.340 e. The number of carbonyl (C=O) groups is 1. The van der Waals surface area contributed by atoms with Gasteiger partial charge in [0.15, 0.2) is 5.60 Å². The van der Waals surface area contributed by atoms with Crippen molar-refractivity contribution in [2.75, 3.05) is 13.0 Å². The third-order valence-electron chi connectivity index (χ3n) is 2.45. The number of hydrogen-bond acceptors (Lipinski definition) is 2. The zero-order valence-electron chi connectivity index (χ0n) is 8.74. The van der Waals surface area contributed by atoms with E-state index in [0.29, 0.717) is 5.56 Å². The van der Waals surface area contributed by atoms with E-state index in [0.717, 1.165) is 0 Å². The number of halogens is 2. The van der Waals surface area contributed by atoms with Gasteiger partial charge in [-0.2, -0.15) is 0 Å². The van der Waals surface area contributed by atoms with Crippen LogP contribution in [0.4, 0.5) is 4.39 Å². The maximum absolute atomic E-state index is 12.8. The Morgan fingerprint density at radius 2 is 2.06 bits per heavy atom. The van der Waals surface area contributed by atoms with E-state index in [4.69, 9.17) is 16.3 Å². The number of alkyl halides is 1. The molecule has 0 heterocycles. The van der Waals surface area contributed by atoms with Gasteiger partial charge in [0.05, 0.1) is 0 Å². The van der Waals surface area contributed by atoms with Crippen molar-refractivity contribution in [2.45, 2.75) is 12.0 Å². The van der Waals surface area contributed by atoms with Gasteiger partial charge in [-0.15, -0.1) is 11.6 Å². The van der Waals surface area contributed by atoms with Gasteiger partial charge in [0.25, 0.3) is 0 Å². The van der Waals surface area contributed by atoms with E-state index in [-0.39, 0.29) is 12.3 Å². The molecule has 0 aliphatic heterocycles. The van der Waals surface area contributed by atoms with E-state index in [2.05, 4.69) is 0 Å². The number of methoxy groups -OCH3 is 1. The molecule has 1 rings (SSSR count). The lowest BCUT2D eigenvalue weighted by Gasteiger charge is -2.27. The van der Waals surface area contributed by atoms with Crippen LogP contribution in [-0.4, -0.2) is 24.1 Å². The molecule has 16 heavy (non-hydrogen) atoms. The van der Waals surface area contributed by atoms with E-state index < -0.39 is 17.4 Å². The van der Waals surface area contributed by atoms with Crippen LogP contribution in [0.1, 0.15) is 12.0 Å². The summed E-state index contributed by atoms with van der Waals surface area (Å²) in [7, 11) is 1.30. The maximum atomic E-state index is 12.8. The van der Waals surface area contributed by atoms with Crippen molar-refractivity contribution in [3.63, 3.8) is 0 Å². The van der Waals surface area contributed by atoms with Gasteiger partial charge in [-0.1, -0.05) is 12.1 Å². The number of hydrogen-bond donors (Lipinski definition) is 1. The summed E-state index contributed by atoms with van der Waals surface area (Å²) in [6.45, 7) is 0. The fourth-order valence-corrected chi connectivity index (χ4v) is 1.80. The molecule has 1 unspecified atom stereocenters. The molecule has 1 N–H and O–H groups in total. The molecule has 0 amide bonds. The summed E-state index contributed by atoms with van der Waals surface area (Å²) in [5.41, 5.74) is -1.13. The van der Waals surface area contributed by atoms with Crippen molar-refractivity contribution >= 4 is 17.6 Å². The van der Waals surface area contributed by atoms with Crippen LogP contribution < -0.4 is 0 Å². The van der Waals surface area contributed by atoms with Crippen LogP contribution >= 0.6 is 11.6 Å². The summed E-state index contributed by atoms with van der Waals surface area (Å²) in [6.07, 6.45) is 0.117. The number of aliphatic carboxylic acids is 1. The second kappa shape index (κ2) is 5.27. The highest BCUT2D eigenvalue weighted by Crippen LogP contribution is 2.30. The topological polar surface area (TPSA) is 46.5 Å². The van der Waals surface area contributed by atoms with E-state index >= 15 is 0 Å². The Hall–Kier alpha value is -1.13. The molecule has 0 saturated carbocycles. The van der Waals surface area contributed by atoms with Crippen molar-refractivity contribution in [1.29, 1.82) is 0 Å². The number of ether oxygens (including phenoxy) is 1. The molecule has 0 saturated heterocycles. The first-order valence-corrected chi connectivity index (χ1v) is 5.21. The molecule has 3 nitrogen and oxygen atoms in total. The molecule has 0 bridgehead atoms. The molecule has 88 valence electrons. The van der Waals surface area contributed by atoms with Crippen LogP contribution in [0.15, 0.2) is 24.3 Å². The third kappa shape index (κ3) is 2.33. The summed E-state index contributed by atoms with van der Waals surface area (Å²) in [5.74, 6) is -1.43. The molecule has 0 aliphatic carbocycles. The predicted octanol–water partition coefficient (Wildman–Crippen LogP) is 2.38. The quantitative estimate of drug-likeness (QED) is 0.812. The Labute approximate surface area is 97.8 Å². The van der Waals surface area contributed by atoms with Gasteiger partial charge < -0.3 is 9.84 Å². The largest absolute Gasteiger partial charge is 0.479 e. The first-order valence-electron chi connectivity index (χ1n) is 4.67. The first kappa shape index (κ1) is 12.9. The van der Waals surface area contributed by atoms with Gasteiger partial charge >= 0.3 is 5.97 Å². The Balaban J connectivity index is 3.18. The average molecular weight is 247 g/mol. The van der Waals surface area contributed by atoms with Gasteiger partial charge in [-0.05, 0) is 17.7 Å². The molecular weight excluding hydrogens is 235 g/mol. The first-order chi connectivity index (χ1) is 7.56. The lowest BCUT2D eigenvalue weighted by molar-refractivity contribution is -0.164. The number of carboxylic acid groups (broad SMARTS) is 1. The second-order valence-electron chi connectivity index (χ2n) is 3.28. The van der Waals surface area contributed by atoms with E-state index in [1.165, 1.54) is 31.4 Å². The predicted molar refractivity (Wildman–Crippen MR) is 58.1 cm³/mol. The Morgan fingerprint density at radius 3 is 2.44 bits per heavy atom. The van der Waals surface area contributed by atoms with Crippen LogP contribution in [0, 0.1) is 5.82 Å². The highest BCUT2D eigenvalue weighted by Gasteiger charge is 2.40. The van der Waals surface area contributed by atoms with Crippen LogP contribution in [0.25, 0.3) is 0 Å². The molecule has 0 aliphatic rings. The Kier molecular flexibility index (Phi) is 4.26. The standard InChI is InChI=1S/C11H12ClFO3/c1-16-11(6-7-12,10(14)15)8-2-4-9(13)5-3-8/h2-5H,6-7H2,1H3,(H,14,15). The normalized spacial score (nSPS) is 14.4. The molecule has 0 fully saturated rings. The summed E-state index contributed by atoms with van der Waals surface area (Å²) in [6, 6.07) is 5.17. The highest BCUT2D eigenvalue weighted by molar-refractivity contribution is 6.18. The van der Waals surface area contributed by atoms with Crippen LogP contribution in [0.5, 0.6) is 0 Å². The minimum Gasteiger partial charge on any atom is -0.479 e. The van der Waals surface area contributed by atoms with E-state index in [1.54, 1.807) is 0 Å². The zero-order valence-corrected chi connectivity index (χ0v) is 9.50. The van der Waals surface area contributed by atoms with Crippen molar-refractivity contribution in [3.8, 4) is 0 Å². The minimum atomic E-state index is -1.50. The monoisotopic (exact) mass is 246 g/mol. The number of benzene rings is 1. The Morgan fingerprint density at radius 1 is 1.50 bits per heavy atom. The fraction of sp³-hybridized carbons (Fsp3) is 0.364. The summed E-state index contributed by atoms with van der Waals surface area (Å²) in [5, 5.41) is 9.20. The molecule has 1 aromatic carbocycles. The summed E-state index contributed by atoms with van der Waals surface area (Å²) < 4.78 is 17.8. The molecular formula is C11H12ClFO3. The molecule has 1 aromatic rings. The lowest BCUT2D eigenvalue weighted by atomic mass is 9.91. The SMILES string of the molecule is COC(CCCl)(C(=O)O)c1ccc(F)cc1. The smallest absolute Gasteiger partial charge is 0.340 e. The Bertz CT molecular complexity index is 366. The van der Waals surface area contributed by atoms with Crippen LogP contribution in [0.3, 0.4) is 0 Å². The second-order valence-corrected chi connectivity index (χ2v) is 3.66. The van der Waals surface area contributed by atoms with Crippen molar-refractivity contribution in [2.24, 2.45) is 0 Å². The molecule has 5 heteroatoms. The van der Waals surface area contributed by atoms with Gasteiger partial charge in [-0.25, -0.2) is 9.18 Å². The summed E-state index contributed by atoms with van der Waals surface area (Å²) in [4.78, 5) is 11.3. The summed E-state index contributed by atoms with van der Waals surface area (Å²) >= 11 is 5.57. The van der Waals surface area contributed by atoms with Gasteiger partial charge in [0.1, 0.15) is 5.82 Å². The van der Waals surface area contributed by atoms with Crippen LogP contribution in [-0.2, 0) is 15.1 Å². The lowest BCUT2D eigenvalue weighted by Crippen LogP contribution is -2.38. The number of carboxylic acids is 1. The van der Waals surface area contributed by atoms with Crippen LogP contribution in [0.2, 0.25) is 0 Å². The third-order valence-corrected chi connectivity index (χ3v) is 2.64. The van der Waals surface area contributed by atoms with Crippen molar-refractivity contribution in [3.05, 3.63) is 35.6 Å². The zero-order chi connectivity index (χ0) is 12.2.